The molecule has 1 radical (unpaired) electrons. The smallest absolute Gasteiger partial charge is 0.549 e. The van der Waals surface area contributed by atoms with E-state index in [1.807, 2.05) is 0 Å². The zero-order valence-corrected chi connectivity index (χ0v) is 37.6. The number of carboxylic acid groups (broad SMARTS) is 4. The maximum atomic E-state index is 13.1. The first kappa shape index (κ1) is 53.1. The van der Waals surface area contributed by atoms with Gasteiger partial charge in [0, 0.05) is 56.9 Å². The minimum atomic E-state index is -5.11. The Bertz CT molecular complexity index is 2700. The molecule has 0 fully saturated rings. The first-order valence-corrected chi connectivity index (χ1v) is 21.2. The van der Waals surface area contributed by atoms with Gasteiger partial charge in [0.25, 0.3) is 20.2 Å². The minimum absolute atomic E-state index is 0. The summed E-state index contributed by atoms with van der Waals surface area (Å²) in [6.07, 6.45) is 0. The number of azo groups is 1. The number of hydrogen-bond donors (Lipinski definition) is 6. The van der Waals surface area contributed by atoms with Crippen molar-refractivity contribution in [2.45, 2.75) is 23.6 Å². The Labute approximate surface area is 397 Å². The van der Waals surface area contributed by atoms with E-state index in [0.717, 1.165) is 17.0 Å². The molecule has 0 aliphatic heterocycles. The number of carbonyl (C=O) groups is 5. The van der Waals surface area contributed by atoms with Gasteiger partial charge in [-0.15, -0.1) is 5.11 Å². The SMILES string of the molecule is Cc1cc(-c2ccc(NC(=O)CN(CCN(CCN(CC(=O)[O-])CC(=O)O)CC(=O)[O-])CC(=O)[O-])c(C)c2)ccc1N=Nc1ccc2c(S(=O)(=O)O)cc(S(=O)(=O)O)c(N)c2c1O.[Gd+3]. The van der Waals surface area contributed by atoms with E-state index in [4.69, 9.17) is 10.8 Å². The second kappa shape index (κ2) is 22.6. The average Bonchev–Trinajstić information content (AvgIpc) is 3.14. The summed E-state index contributed by atoms with van der Waals surface area (Å²) >= 11 is 0. The third-order valence-electron chi connectivity index (χ3n) is 9.32. The molecule has 0 atom stereocenters. The van der Waals surface area contributed by atoms with Crippen molar-refractivity contribution in [1.29, 1.82) is 0 Å². The summed E-state index contributed by atoms with van der Waals surface area (Å²) in [7, 11) is -10.2. The number of benzene rings is 4. The number of phenols is 1. The number of aliphatic carboxylic acids is 4. The Kier molecular flexibility index (Phi) is 18.7. The van der Waals surface area contributed by atoms with Crippen LogP contribution in [0.2, 0.25) is 0 Å². The summed E-state index contributed by atoms with van der Waals surface area (Å²) in [6, 6.07) is 12.8. The number of amides is 1. The van der Waals surface area contributed by atoms with Gasteiger partial charge in [0.1, 0.15) is 15.5 Å². The van der Waals surface area contributed by atoms with E-state index in [2.05, 4.69) is 15.5 Å². The van der Waals surface area contributed by atoms with Crippen molar-refractivity contribution in [3.63, 3.8) is 0 Å². The Hall–Kier alpha value is -5.29. The number of aryl methyl sites for hydroxylation is 2. The number of aromatic hydroxyl groups is 1. The third kappa shape index (κ3) is 14.9. The standard InChI is InChI=1S/C38H43N7O16S2.Gd/c1-21-13-23(3-6-26(21)40-31(46)16-44(18-33(49)50)11-9-43(17-32(47)48)10-12-45(19-34(51)52)20-35(53)54)24-4-7-27(22(2)14-24)41-42-28-8-5-25-29(62(56,57)58)15-30(63(59,60)61)37(39)36(25)38(28)55;/h3-8,13-15,55H,9-12,16-20,39H2,1-2H3,(H,40,46)(H,47,48)(H,49,50)(H,51,52)(H,53,54)(H,56,57,58)(H,59,60,61);/q;+3/p-3. The van der Waals surface area contributed by atoms with Gasteiger partial charge in [0.2, 0.25) is 5.91 Å². The van der Waals surface area contributed by atoms with Crippen molar-refractivity contribution in [1.82, 2.24) is 14.7 Å². The van der Waals surface area contributed by atoms with E-state index >= 15 is 0 Å². The van der Waals surface area contributed by atoms with Crippen molar-refractivity contribution in [2.75, 3.05) is 70.0 Å². The van der Waals surface area contributed by atoms with Crippen molar-refractivity contribution < 1.29 is 115 Å². The maximum absolute atomic E-state index is 13.1. The van der Waals surface area contributed by atoms with Crippen LogP contribution in [0.25, 0.3) is 21.9 Å². The first-order chi connectivity index (χ1) is 29.3. The van der Waals surface area contributed by atoms with Gasteiger partial charge in [-0.1, -0.05) is 18.2 Å². The van der Waals surface area contributed by atoms with E-state index in [0.29, 0.717) is 39.7 Å². The molecule has 0 heterocycles. The number of carboxylic acids is 4. The number of phenolic OH excluding ortho intramolecular Hbond substituents is 1. The molecule has 4 rings (SSSR count). The van der Waals surface area contributed by atoms with Crippen LogP contribution in [-0.2, 0) is 44.2 Å². The van der Waals surface area contributed by atoms with Gasteiger partial charge in [-0.2, -0.15) is 21.9 Å². The summed E-state index contributed by atoms with van der Waals surface area (Å²) in [4.78, 5) is 59.6. The molecule has 26 heteroatoms. The summed E-state index contributed by atoms with van der Waals surface area (Å²) in [5.41, 5.74) is 8.23. The van der Waals surface area contributed by atoms with Crippen LogP contribution < -0.4 is 26.4 Å². The van der Waals surface area contributed by atoms with Gasteiger partial charge in [-0.25, -0.2) is 0 Å². The molecule has 0 saturated carbocycles. The van der Waals surface area contributed by atoms with E-state index < -0.39 is 109 Å². The molecule has 7 N–H and O–H groups in total. The van der Waals surface area contributed by atoms with Crippen LogP contribution in [0.15, 0.2) is 74.6 Å². The topological polar surface area (TPSA) is 376 Å². The van der Waals surface area contributed by atoms with Gasteiger partial charge < -0.3 is 51.0 Å². The average molecular weight is 1070 g/mol. The normalized spacial score (nSPS) is 11.9. The summed E-state index contributed by atoms with van der Waals surface area (Å²) in [5.74, 6) is -7.31. The maximum Gasteiger partial charge on any atom is 3.00 e. The second-order valence-corrected chi connectivity index (χ2v) is 16.9. The first-order valence-electron chi connectivity index (χ1n) is 18.3. The van der Waals surface area contributed by atoms with Crippen LogP contribution in [0.4, 0.5) is 22.7 Å². The number of fused-ring (bicyclic) bond motifs is 1. The van der Waals surface area contributed by atoms with Gasteiger partial charge in [-0.3, -0.25) is 33.4 Å². The molecule has 1 amide bonds. The number of anilines is 2. The summed E-state index contributed by atoms with van der Waals surface area (Å²) in [5, 5.41) is 63.9. The molecular weight excluding hydrogens is 1030 g/mol. The fraction of sp³-hybridized carbons (Fsp3) is 0.289. The quantitative estimate of drug-likeness (QED) is 0.0296. The molecule has 0 aliphatic rings. The molecule has 343 valence electrons. The van der Waals surface area contributed by atoms with Gasteiger partial charge in [0.15, 0.2) is 5.75 Å². The van der Waals surface area contributed by atoms with E-state index in [-0.39, 0.29) is 77.2 Å². The van der Waals surface area contributed by atoms with Crippen LogP contribution >= 0.6 is 0 Å². The van der Waals surface area contributed by atoms with Crippen LogP contribution in [0.5, 0.6) is 5.75 Å². The van der Waals surface area contributed by atoms with Gasteiger partial charge in [-0.05, 0) is 72.5 Å². The molecule has 0 unspecified atom stereocenters. The predicted octanol–water partition coefficient (Wildman–Crippen LogP) is -1.50. The van der Waals surface area contributed by atoms with Crippen molar-refractivity contribution in [3.05, 3.63) is 65.7 Å². The number of rotatable bonds is 22. The Balaban J connectivity index is 0.0000109. The third-order valence-corrected chi connectivity index (χ3v) is 11.1. The van der Waals surface area contributed by atoms with Crippen LogP contribution in [0.1, 0.15) is 11.1 Å². The van der Waals surface area contributed by atoms with E-state index in [9.17, 15) is 70.3 Å². The minimum Gasteiger partial charge on any atom is -0.549 e. The molecule has 0 bridgehead atoms. The van der Waals surface area contributed by atoms with E-state index in [1.54, 1.807) is 50.2 Å². The molecule has 4 aromatic rings. The van der Waals surface area contributed by atoms with E-state index in [1.165, 1.54) is 9.80 Å². The fourth-order valence-corrected chi connectivity index (χ4v) is 7.83. The zero-order valence-electron chi connectivity index (χ0n) is 33.7. The molecule has 0 spiro atoms. The number of nitrogens with zero attached hydrogens (tertiary/aromatic N) is 5. The number of nitrogens with two attached hydrogens (primary N) is 1. The Morgan fingerprint density at radius 3 is 1.62 bits per heavy atom. The number of nitrogens with one attached hydrogen (secondary N) is 1. The van der Waals surface area contributed by atoms with Crippen LogP contribution in [-0.4, -0.2) is 140 Å². The molecule has 4 aromatic carbocycles. The van der Waals surface area contributed by atoms with Crippen LogP contribution in [0.3, 0.4) is 0 Å². The van der Waals surface area contributed by atoms with Crippen molar-refractivity contribution in [3.8, 4) is 16.9 Å². The molecule has 0 aromatic heterocycles. The largest absolute Gasteiger partial charge is 3.00 e. The molecular formula is C38H40GdN7O16S2. The summed E-state index contributed by atoms with van der Waals surface area (Å²) < 4.78 is 67.2. The van der Waals surface area contributed by atoms with Crippen LogP contribution in [0, 0.1) is 53.8 Å². The predicted molar refractivity (Wildman–Crippen MR) is 216 cm³/mol. The summed E-state index contributed by atoms with van der Waals surface area (Å²) in [6.45, 7) is -0.417. The van der Waals surface area contributed by atoms with Gasteiger partial charge in [0.05, 0.1) is 47.8 Å². The molecule has 23 nitrogen and oxygen atoms in total. The number of nitrogen functional groups attached to an aromatic ring is 1. The molecule has 0 saturated heterocycles. The molecule has 64 heavy (non-hydrogen) atoms. The number of carbonyl (C=O) groups excluding carboxylic acids is 4. The zero-order chi connectivity index (χ0) is 47.0. The fourth-order valence-electron chi connectivity index (χ4n) is 6.40. The Morgan fingerprint density at radius 2 is 1.12 bits per heavy atom. The number of hydrogen-bond acceptors (Lipinski definition) is 19. The monoisotopic (exact) mass is 1070 g/mol. The molecule has 0 aliphatic carbocycles. The Morgan fingerprint density at radius 1 is 0.656 bits per heavy atom. The van der Waals surface area contributed by atoms with Crippen molar-refractivity contribution >= 4 is 83.5 Å². The second-order valence-electron chi connectivity index (χ2n) is 14.1. The van der Waals surface area contributed by atoms with Crippen molar-refractivity contribution in [2.24, 2.45) is 10.2 Å². The van der Waals surface area contributed by atoms with Gasteiger partial charge >= 0.3 is 45.9 Å².